The van der Waals surface area contributed by atoms with Gasteiger partial charge in [0.2, 0.25) is 6.71 Å². The Kier molecular flexibility index (Phi) is 5.41. The van der Waals surface area contributed by atoms with Crippen molar-refractivity contribution in [2.24, 2.45) is 0 Å². The van der Waals surface area contributed by atoms with E-state index < -0.39 is 0 Å². The summed E-state index contributed by atoms with van der Waals surface area (Å²) in [5, 5.41) is 0. The number of aryl methyl sites for hydroxylation is 3. The van der Waals surface area contributed by atoms with E-state index in [4.69, 9.17) is 4.74 Å². The van der Waals surface area contributed by atoms with E-state index in [1.165, 1.54) is 50.1 Å². The van der Waals surface area contributed by atoms with Gasteiger partial charge in [0.05, 0.1) is 24.7 Å². The van der Waals surface area contributed by atoms with Gasteiger partial charge in [-0.05, 0) is 56.0 Å². The molecule has 0 aromatic heterocycles. The van der Waals surface area contributed by atoms with Crippen molar-refractivity contribution in [3.63, 3.8) is 0 Å². The molecule has 0 saturated heterocycles. The number of anilines is 4. The first kappa shape index (κ1) is 23.8. The fourth-order valence-corrected chi connectivity index (χ4v) is 6.69. The fraction of sp³-hybridized carbons (Fsp3) is 0.212. The summed E-state index contributed by atoms with van der Waals surface area (Å²) < 4.78 is 6.50. The fourth-order valence-electron chi connectivity index (χ4n) is 6.69. The van der Waals surface area contributed by atoms with Crippen molar-refractivity contribution in [1.82, 2.24) is 4.90 Å². The monoisotopic (exact) mass is 512 g/mol. The smallest absolute Gasteiger partial charge is 0.247 e. The molecule has 3 heterocycles. The molecule has 0 saturated carbocycles. The van der Waals surface area contributed by atoms with E-state index in [-0.39, 0.29) is 6.71 Å². The number of fused-ring (bicyclic) bond motifs is 2. The Bertz CT molecular complexity index is 1620. The molecule has 194 valence electrons. The summed E-state index contributed by atoms with van der Waals surface area (Å²) in [5.74, 6) is 1.69. The molecule has 0 unspecified atom stereocenters. The Morgan fingerprint density at radius 1 is 0.718 bits per heavy atom. The molecule has 0 fully saturated rings. The number of para-hydroxylation sites is 1. The van der Waals surface area contributed by atoms with Gasteiger partial charge in [-0.3, -0.25) is 0 Å². The van der Waals surface area contributed by atoms with Gasteiger partial charge in [-0.25, -0.2) is 0 Å². The summed E-state index contributed by atoms with van der Waals surface area (Å²) >= 11 is 0. The first-order valence-corrected chi connectivity index (χ1v) is 13.6. The summed E-state index contributed by atoms with van der Waals surface area (Å²) in [5.41, 5.74) is 13.1. The molecule has 0 amide bonds. The number of benzene rings is 4. The quantitative estimate of drug-likeness (QED) is 0.360. The van der Waals surface area contributed by atoms with Crippen LogP contribution in [0.1, 0.15) is 16.7 Å². The van der Waals surface area contributed by atoms with Crippen LogP contribution in [0.4, 0.5) is 22.7 Å². The Hall–Kier alpha value is -4.32. The lowest BCUT2D eigenvalue weighted by Gasteiger charge is -2.34. The van der Waals surface area contributed by atoms with Gasteiger partial charge in [0, 0.05) is 50.0 Å². The second kappa shape index (κ2) is 8.87. The molecule has 4 aromatic carbocycles. The van der Waals surface area contributed by atoms with Gasteiger partial charge in [0.1, 0.15) is 11.5 Å². The number of hydrogen-bond acceptors (Lipinski definition) is 5. The van der Waals surface area contributed by atoms with E-state index in [9.17, 15) is 0 Å². The van der Waals surface area contributed by atoms with Gasteiger partial charge < -0.3 is 24.3 Å². The standard InChI is InChI=1S/C33H33BN4O/c1-22-16-23(2)32(24(3)17-22)34-28-13-12-27(39-26-9-6-8-25(18-26)37-15-14-35(4)20-37)19-31(28)38-21-36(5)30-11-7-10-29(34)33(30)38/h6-19H,20-21H2,1-5H3. The predicted molar refractivity (Wildman–Crippen MR) is 164 cm³/mol. The zero-order valence-corrected chi connectivity index (χ0v) is 23.3. The number of hydrogen-bond donors (Lipinski definition) is 0. The molecule has 39 heavy (non-hydrogen) atoms. The van der Waals surface area contributed by atoms with E-state index in [0.29, 0.717) is 0 Å². The van der Waals surface area contributed by atoms with Crippen molar-refractivity contribution < 1.29 is 4.74 Å². The molecule has 0 N–H and O–H groups in total. The molecule has 0 atom stereocenters. The Balaban J connectivity index is 1.32. The molecular weight excluding hydrogens is 479 g/mol. The van der Waals surface area contributed by atoms with Crippen LogP contribution in [0.2, 0.25) is 0 Å². The Morgan fingerprint density at radius 2 is 1.49 bits per heavy atom. The lowest BCUT2D eigenvalue weighted by Crippen LogP contribution is -2.58. The summed E-state index contributed by atoms with van der Waals surface area (Å²) in [6.07, 6.45) is 4.19. The highest BCUT2D eigenvalue weighted by Crippen LogP contribution is 2.42. The van der Waals surface area contributed by atoms with Crippen molar-refractivity contribution in [3.05, 3.63) is 102 Å². The second-order valence-electron chi connectivity index (χ2n) is 11.2. The highest BCUT2D eigenvalue weighted by molar-refractivity contribution is 6.98. The SMILES string of the molecule is Cc1cc(C)c(B2c3ccc(Oc4cccc(N5C=CN(C)C5)c4)cc3N3CN(C)c4cccc2c43)c(C)c1. The maximum absolute atomic E-state index is 6.50. The minimum Gasteiger partial charge on any atom is -0.457 e. The van der Waals surface area contributed by atoms with Gasteiger partial charge in [0.25, 0.3) is 0 Å². The summed E-state index contributed by atoms with van der Waals surface area (Å²) in [6.45, 7) is 8.54. The van der Waals surface area contributed by atoms with Crippen LogP contribution in [0.25, 0.3) is 0 Å². The summed E-state index contributed by atoms with van der Waals surface area (Å²) in [6, 6.07) is 26.4. The Labute approximate surface area is 231 Å². The minimum absolute atomic E-state index is 0.176. The third-order valence-corrected chi connectivity index (χ3v) is 8.28. The topological polar surface area (TPSA) is 22.2 Å². The third-order valence-electron chi connectivity index (χ3n) is 8.28. The van der Waals surface area contributed by atoms with Crippen LogP contribution in [-0.2, 0) is 0 Å². The highest BCUT2D eigenvalue weighted by Gasteiger charge is 2.40. The summed E-state index contributed by atoms with van der Waals surface area (Å²) in [7, 11) is 4.26. The molecule has 0 aliphatic carbocycles. The molecular formula is C33H33BN4O. The van der Waals surface area contributed by atoms with Gasteiger partial charge in [0.15, 0.2) is 0 Å². The van der Waals surface area contributed by atoms with Crippen LogP contribution >= 0.6 is 0 Å². The minimum atomic E-state index is 0.176. The van der Waals surface area contributed by atoms with Crippen molar-refractivity contribution in [2.75, 3.05) is 42.1 Å². The lowest BCUT2D eigenvalue weighted by atomic mass is 9.34. The average Bonchev–Trinajstić information content (AvgIpc) is 3.50. The van der Waals surface area contributed by atoms with E-state index in [0.717, 1.165) is 30.5 Å². The molecule has 0 spiro atoms. The van der Waals surface area contributed by atoms with E-state index in [1.54, 1.807) is 0 Å². The maximum atomic E-state index is 6.50. The van der Waals surface area contributed by atoms with Gasteiger partial charge in [-0.2, -0.15) is 0 Å². The second-order valence-corrected chi connectivity index (χ2v) is 11.2. The number of nitrogens with zero attached hydrogens (tertiary/aromatic N) is 4. The average molecular weight is 512 g/mol. The first-order valence-electron chi connectivity index (χ1n) is 13.6. The van der Waals surface area contributed by atoms with E-state index in [2.05, 4.69) is 134 Å². The zero-order valence-electron chi connectivity index (χ0n) is 23.3. The molecule has 6 heteroatoms. The van der Waals surface area contributed by atoms with Gasteiger partial charge in [-0.15, -0.1) is 0 Å². The van der Waals surface area contributed by atoms with Crippen molar-refractivity contribution in [3.8, 4) is 11.5 Å². The zero-order chi connectivity index (χ0) is 26.8. The normalized spacial score (nSPS) is 15.3. The molecule has 5 nitrogen and oxygen atoms in total. The van der Waals surface area contributed by atoms with Gasteiger partial charge >= 0.3 is 0 Å². The first-order chi connectivity index (χ1) is 18.9. The van der Waals surface area contributed by atoms with Crippen LogP contribution in [0.15, 0.2) is 85.2 Å². The number of ether oxygens (including phenoxy) is 1. The summed E-state index contributed by atoms with van der Waals surface area (Å²) in [4.78, 5) is 9.18. The Morgan fingerprint density at radius 3 is 2.26 bits per heavy atom. The van der Waals surface area contributed by atoms with Crippen molar-refractivity contribution in [1.29, 1.82) is 0 Å². The lowest BCUT2D eigenvalue weighted by molar-refractivity contribution is 0.481. The van der Waals surface area contributed by atoms with Crippen LogP contribution < -0.4 is 35.8 Å². The van der Waals surface area contributed by atoms with E-state index in [1.807, 2.05) is 6.07 Å². The third kappa shape index (κ3) is 3.85. The number of rotatable bonds is 4. The van der Waals surface area contributed by atoms with Gasteiger partial charge in [-0.1, -0.05) is 58.6 Å². The van der Waals surface area contributed by atoms with Crippen LogP contribution in [-0.4, -0.2) is 39.0 Å². The largest absolute Gasteiger partial charge is 0.457 e. The van der Waals surface area contributed by atoms with Crippen molar-refractivity contribution >= 4 is 45.9 Å². The molecule has 4 aromatic rings. The van der Waals surface area contributed by atoms with E-state index >= 15 is 0 Å². The van der Waals surface area contributed by atoms with Crippen LogP contribution in [0.3, 0.4) is 0 Å². The van der Waals surface area contributed by atoms with Crippen molar-refractivity contribution in [2.45, 2.75) is 20.8 Å². The molecule has 0 radical (unpaired) electrons. The van der Waals surface area contributed by atoms with Crippen LogP contribution in [0, 0.1) is 20.8 Å². The highest BCUT2D eigenvalue weighted by atomic mass is 16.5. The molecule has 3 aliphatic heterocycles. The maximum Gasteiger partial charge on any atom is 0.247 e. The molecule has 3 aliphatic rings. The molecule has 7 rings (SSSR count). The van der Waals surface area contributed by atoms with Crippen LogP contribution in [0.5, 0.6) is 11.5 Å². The molecule has 0 bridgehead atoms. The predicted octanol–water partition coefficient (Wildman–Crippen LogP) is 4.96.